The van der Waals surface area contributed by atoms with Crippen molar-refractivity contribution in [1.82, 2.24) is 4.57 Å². The minimum Gasteiger partial charge on any atom is -0.350 e. The van der Waals surface area contributed by atoms with Gasteiger partial charge in [-0.25, -0.2) is 4.39 Å². The second-order valence-electron chi connectivity index (χ2n) is 7.99. The third kappa shape index (κ3) is 4.04. The van der Waals surface area contributed by atoms with Crippen LogP contribution in [-0.4, -0.2) is 10.5 Å². The zero-order chi connectivity index (χ0) is 22.9. The van der Waals surface area contributed by atoms with Crippen molar-refractivity contribution in [2.45, 2.75) is 5.66 Å². The summed E-state index contributed by atoms with van der Waals surface area (Å²) in [6, 6.07) is 25.7. The van der Waals surface area contributed by atoms with Crippen molar-refractivity contribution in [2.24, 2.45) is 7.05 Å². The molecule has 0 saturated carbocycles. The number of nitrogens with one attached hydrogen (secondary N) is 1. The molecule has 5 rings (SSSR count). The number of rotatable bonds is 5. The Labute approximate surface area is 191 Å². The number of halogens is 1. The first-order valence-corrected chi connectivity index (χ1v) is 11.4. The maximum absolute atomic E-state index is 13.3. The van der Waals surface area contributed by atoms with E-state index in [9.17, 15) is 13.8 Å². The van der Waals surface area contributed by atoms with Crippen LogP contribution < -0.4 is 5.32 Å². The number of carbonyl (C=O) groups excluding carboxylic acids is 1. The van der Waals surface area contributed by atoms with Gasteiger partial charge in [0.25, 0.3) is 0 Å². The first kappa shape index (κ1) is 21.0. The molecule has 0 spiro atoms. The van der Waals surface area contributed by atoms with Crippen molar-refractivity contribution < 1.29 is 13.8 Å². The Bertz CT molecular complexity index is 1510. The van der Waals surface area contributed by atoms with E-state index in [0.717, 1.165) is 32.8 Å². The Balaban J connectivity index is 1.51. The molecule has 1 amide bonds. The number of hydrogen-bond donors (Lipinski definition) is 1. The van der Waals surface area contributed by atoms with Gasteiger partial charge in [-0.2, -0.15) is 0 Å². The van der Waals surface area contributed by atoms with Crippen LogP contribution in [0.5, 0.6) is 0 Å². The van der Waals surface area contributed by atoms with Crippen molar-refractivity contribution >= 4 is 41.7 Å². The van der Waals surface area contributed by atoms with Crippen molar-refractivity contribution in [2.75, 3.05) is 5.32 Å². The van der Waals surface area contributed by atoms with E-state index in [-0.39, 0.29) is 20.2 Å². The average molecular weight is 454 g/mol. The van der Waals surface area contributed by atoms with Crippen LogP contribution in [0.25, 0.3) is 32.8 Å². The molecule has 4 nitrogen and oxygen atoms in total. The molecule has 0 aliphatic carbocycles. The highest BCUT2D eigenvalue weighted by atomic mass is 31.1. The molecule has 33 heavy (non-hydrogen) atoms. The number of amides is 1. The number of aryl methyl sites for hydroxylation is 1. The summed E-state index contributed by atoms with van der Waals surface area (Å²) in [7, 11) is 1.60. The van der Waals surface area contributed by atoms with Gasteiger partial charge in [0.1, 0.15) is 11.5 Å². The summed E-state index contributed by atoms with van der Waals surface area (Å²) < 4.78 is 27.4. The van der Waals surface area contributed by atoms with Crippen LogP contribution in [0.15, 0.2) is 91.1 Å². The van der Waals surface area contributed by atoms with E-state index in [1.807, 2.05) is 78.5 Å². The molecule has 1 atom stereocenters. The molecule has 1 N–H and O–H groups in total. The summed E-state index contributed by atoms with van der Waals surface area (Å²) in [6.07, 6.45) is 1.84. The lowest BCUT2D eigenvalue weighted by atomic mass is 10.0. The third-order valence-electron chi connectivity index (χ3n) is 5.86. The fourth-order valence-electron chi connectivity index (χ4n) is 4.19. The van der Waals surface area contributed by atoms with Crippen molar-refractivity contribution in [3.63, 3.8) is 0 Å². The Morgan fingerprint density at radius 3 is 2.39 bits per heavy atom. The highest BCUT2D eigenvalue weighted by molar-refractivity contribution is 7.26. The van der Waals surface area contributed by atoms with Crippen LogP contribution in [0.4, 0.5) is 10.1 Å². The van der Waals surface area contributed by atoms with Crippen LogP contribution in [0.2, 0.25) is 0 Å². The lowest BCUT2D eigenvalue weighted by Gasteiger charge is -2.11. The van der Waals surface area contributed by atoms with Gasteiger partial charge < -0.3 is 9.88 Å². The maximum atomic E-state index is 13.3. The molecule has 0 saturated heterocycles. The first-order valence-electron chi connectivity index (χ1n) is 10.5. The lowest BCUT2D eigenvalue weighted by Crippen LogP contribution is -2.17. The second kappa shape index (κ2) is 8.61. The summed E-state index contributed by atoms with van der Waals surface area (Å²) >= 11 is 0. The summed E-state index contributed by atoms with van der Waals surface area (Å²) in [5.41, 5.74) is 3.13. The number of carbonyl (C=O) groups is 1. The molecule has 4 aromatic carbocycles. The standard InChI is InChI=1S/C27H20FN2O2P/c1-30-16-24(23-15-20(9-13-25(23)30)18-6-10-21(28)11-7-18)26(33-32)27(31)29-22-12-8-17-4-2-3-5-19(17)14-22/h2-16,26H,1H3,(H,29,31). The maximum Gasteiger partial charge on any atom is 0.243 e. The largest absolute Gasteiger partial charge is 0.350 e. The van der Waals surface area contributed by atoms with E-state index in [0.29, 0.717) is 11.3 Å². The Morgan fingerprint density at radius 2 is 1.64 bits per heavy atom. The molecule has 0 bridgehead atoms. The van der Waals surface area contributed by atoms with Crippen LogP contribution in [0, 0.1) is 5.82 Å². The van der Waals surface area contributed by atoms with Gasteiger partial charge >= 0.3 is 0 Å². The summed E-state index contributed by atoms with van der Waals surface area (Å²) in [4.78, 5) is 13.2. The Kier molecular flexibility index (Phi) is 5.49. The molecule has 1 unspecified atom stereocenters. The van der Waals surface area contributed by atoms with Crippen molar-refractivity contribution in [3.05, 3.63) is 103 Å². The van der Waals surface area contributed by atoms with Gasteiger partial charge in [0.15, 0.2) is 8.46 Å². The molecule has 1 heterocycles. The number of hydrogen-bond acceptors (Lipinski definition) is 2. The highest BCUT2D eigenvalue weighted by Gasteiger charge is 2.25. The van der Waals surface area contributed by atoms with Crippen LogP contribution >= 0.6 is 8.46 Å². The van der Waals surface area contributed by atoms with E-state index >= 15 is 0 Å². The predicted molar refractivity (Wildman–Crippen MR) is 131 cm³/mol. The second-order valence-corrected chi connectivity index (χ2v) is 8.72. The van der Waals surface area contributed by atoms with Crippen LogP contribution in [-0.2, 0) is 16.4 Å². The summed E-state index contributed by atoms with van der Waals surface area (Å²) in [5, 5.41) is 5.84. The van der Waals surface area contributed by atoms with Crippen LogP contribution in [0.1, 0.15) is 11.2 Å². The molecule has 6 heteroatoms. The zero-order valence-electron chi connectivity index (χ0n) is 17.8. The highest BCUT2D eigenvalue weighted by Crippen LogP contribution is 2.37. The summed E-state index contributed by atoms with van der Waals surface area (Å²) in [6.45, 7) is 0. The number of fused-ring (bicyclic) bond motifs is 2. The molecule has 5 aromatic rings. The fourth-order valence-corrected chi connectivity index (χ4v) is 4.67. The topological polar surface area (TPSA) is 51.1 Å². The quantitative estimate of drug-likeness (QED) is 0.288. The normalized spacial score (nSPS) is 12.3. The Morgan fingerprint density at radius 1 is 0.909 bits per heavy atom. The molecule has 162 valence electrons. The molecule has 1 aromatic heterocycles. The molecule has 0 fully saturated rings. The van der Waals surface area contributed by atoms with E-state index in [1.165, 1.54) is 12.1 Å². The fraction of sp³-hybridized carbons (Fsp3) is 0.0741. The molecule has 0 aliphatic heterocycles. The van der Waals surface area contributed by atoms with Gasteiger partial charge in [-0.15, -0.1) is 0 Å². The molecular weight excluding hydrogens is 434 g/mol. The Hall–Kier alpha value is -3.82. The van der Waals surface area contributed by atoms with Crippen molar-refractivity contribution in [3.8, 4) is 11.1 Å². The molecule has 0 radical (unpaired) electrons. The summed E-state index contributed by atoms with van der Waals surface area (Å²) in [5.74, 6) is -0.641. The smallest absolute Gasteiger partial charge is 0.243 e. The number of benzene rings is 4. The average Bonchev–Trinajstić information content (AvgIpc) is 3.15. The molecule has 0 aliphatic rings. The minimum absolute atomic E-state index is 0.293. The monoisotopic (exact) mass is 454 g/mol. The van der Waals surface area contributed by atoms with Gasteiger partial charge in [0.05, 0.1) is 0 Å². The van der Waals surface area contributed by atoms with Gasteiger partial charge in [0.2, 0.25) is 5.91 Å². The van der Waals surface area contributed by atoms with E-state index in [2.05, 4.69) is 5.32 Å². The zero-order valence-corrected chi connectivity index (χ0v) is 18.7. The van der Waals surface area contributed by atoms with Gasteiger partial charge in [0, 0.05) is 35.4 Å². The van der Waals surface area contributed by atoms with Crippen molar-refractivity contribution in [1.29, 1.82) is 0 Å². The van der Waals surface area contributed by atoms with Gasteiger partial charge in [-0.05, 0) is 58.3 Å². The van der Waals surface area contributed by atoms with Crippen LogP contribution in [0.3, 0.4) is 0 Å². The SMILES string of the molecule is Cn1cc(C(P=O)C(=O)Nc2ccc3ccccc3c2)c2cc(-c3ccc(F)cc3)ccc21. The van der Waals surface area contributed by atoms with E-state index < -0.39 is 5.66 Å². The minimum atomic E-state index is -0.872. The lowest BCUT2D eigenvalue weighted by molar-refractivity contribution is -0.115. The van der Waals surface area contributed by atoms with E-state index in [1.54, 1.807) is 12.1 Å². The van der Waals surface area contributed by atoms with E-state index in [4.69, 9.17) is 0 Å². The third-order valence-corrected chi connectivity index (χ3v) is 6.59. The number of anilines is 1. The number of aromatic nitrogens is 1. The number of nitrogens with zero attached hydrogens (tertiary/aromatic N) is 1. The van der Waals surface area contributed by atoms with Gasteiger partial charge in [-0.1, -0.05) is 48.5 Å². The molecular formula is C27H20FN2O2P. The first-order chi connectivity index (χ1) is 16.0. The van der Waals surface area contributed by atoms with Gasteiger partial charge in [-0.3, -0.25) is 9.36 Å². The predicted octanol–water partition coefficient (Wildman–Crippen LogP) is 7.11.